The van der Waals surface area contributed by atoms with Crippen LogP contribution < -0.4 is 0 Å². The lowest BCUT2D eigenvalue weighted by Crippen LogP contribution is -2.30. The number of hydrogen-bond donors (Lipinski definition) is 2. The zero-order chi connectivity index (χ0) is 22.8. The maximum Gasteiger partial charge on any atom is 0.210 e. The number of allylic oxidation sites excluding steroid dienone is 8. The quantitative estimate of drug-likeness (QED) is 0.488. The minimum absolute atomic E-state index is 0.0108. The molecule has 3 nitrogen and oxygen atoms in total. The SMILES string of the molecule is N=C1C=CC2=C(C=CC=C(Sc3ccc(C4(c5ccc(O)cc5)CCCCC4)cc3)C2)C1=O. The monoisotopic (exact) mass is 453 g/mol. The Morgan fingerprint density at radius 3 is 2.21 bits per heavy atom. The number of hydrogen-bond acceptors (Lipinski definition) is 4. The van der Waals surface area contributed by atoms with Gasteiger partial charge in [0.2, 0.25) is 5.78 Å². The molecule has 0 heterocycles. The van der Waals surface area contributed by atoms with Crippen molar-refractivity contribution in [3.63, 3.8) is 0 Å². The van der Waals surface area contributed by atoms with Crippen LogP contribution in [0.25, 0.3) is 0 Å². The van der Waals surface area contributed by atoms with Gasteiger partial charge in [-0.05, 0) is 64.8 Å². The fraction of sp³-hybridized carbons (Fsp3) is 0.241. The summed E-state index contributed by atoms with van der Waals surface area (Å²) in [5, 5.41) is 17.5. The summed E-state index contributed by atoms with van der Waals surface area (Å²) in [7, 11) is 0. The van der Waals surface area contributed by atoms with Gasteiger partial charge in [-0.25, -0.2) is 0 Å². The summed E-state index contributed by atoms with van der Waals surface area (Å²) in [6.07, 6.45) is 16.0. The smallest absolute Gasteiger partial charge is 0.210 e. The van der Waals surface area contributed by atoms with E-state index in [4.69, 9.17) is 5.41 Å². The van der Waals surface area contributed by atoms with Crippen molar-refractivity contribution in [1.29, 1.82) is 5.41 Å². The van der Waals surface area contributed by atoms with Crippen molar-refractivity contribution in [1.82, 2.24) is 0 Å². The van der Waals surface area contributed by atoms with Crippen molar-refractivity contribution in [3.8, 4) is 5.75 Å². The first-order chi connectivity index (χ1) is 16.0. The number of Topliss-reactive ketones (excluding diaryl/α,β-unsaturated/α-hetero) is 1. The minimum atomic E-state index is -0.195. The van der Waals surface area contributed by atoms with E-state index in [1.807, 2.05) is 18.2 Å². The average molecular weight is 454 g/mol. The summed E-state index contributed by atoms with van der Waals surface area (Å²) < 4.78 is 0. The van der Waals surface area contributed by atoms with Crippen molar-refractivity contribution >= 4 is 23.3 Å². The number of phenols is 1. The second-order valence-corrected chi connectivity index (χ2v) is 10.2. The van der Waals surface area contributed by atoms with Crippen molar-refractivity contribution in [2.75, 3.05) is 0 Å². The van der Waals surface area contributed by atoms with Crippen LogP contribution in [0, 0.1) is 5.41 Å². The molecule has 4 heteroatoms. The van der Waals surface area contributed by atoms with Gasteiger partial charge in [0.25, 0.3) is 0 Å². The second kappa shape index (κ2) is 9.03. The number of benzene rings is 2. The molecule has 2 aromatic carbocycles. The fourth-order valence-electron chi connectivity index (χ4n) is 5.22. The first-order valence-electron chi connectivity index (χ1n) is 11.5. The highest BCUT2D eigenvalue weighted by molar-refractivity contribution is 8.03. The molecule has 1 saturated carbocycles. The van der Waals surface area contributed by atoms with E-state index < -0.39 is 0 Å². The van der Waals surface area contributed by atoms with Gasteiger partial charge in [-0.2, -0.15) is 0 Å². The summed E-state index contributed by atoms with van der Waals surface area (Å²) in [4.78, 5) is 14.7. The molecule has 5 rings (SSSR count). The lowest BCUT2D eigenvalue weighted by atomic mass is 9.65. The summed E-state index contributed by atoms with van der Waals surface area (Å²) >= 11 is 1.73. The summed E-state index contributed by atoms with van der Waals surface area (Å²) in [6, 6.07) is 16.7. The Morgan fingerprint density at radius 2 is 1.52 bits per heavy atom. The molecule has 1 fully saturated rings. The third-order valence-corrected chi connectivity index (χ3v) is 8.03. The van der Waals surface area contributed by atoms with Crippen LogP contribution in [0.5, 0.6) is 5.75 Å². The molecule has 166 valence electrons. The largest absolute Gasteiger partial charge is 0.508 e. The van der Waals surface area contributed by atoms with Crippen LogP contribution in [0.15, 0.2) is 99.9 Å². The van der Waals surface area contributed by atoms with Crippen LogP contribution in [0.1, 0.15) is 49.7 Å². The summed E-state index contributed by atoms with van der Waals surface area (Å²) in [5.74, 6) is 0.117. The van der Waals surface area contributed by atoms with E-state index in [1.54, 1.807) is 30.0 Å². The zero-order valence-corrected chi connectivity index (χ0v) is 19.3. The molecule has 0 bridgehead atoms. The Hall–Kier alpha value is -3.11. The number of rotatable bonds is 4. The Bertz CT molecular complexity index is 1210. The minimum Gasteiger partial charge on any atom is -0.508 e. The number of carbonyl (C=O) groups is 1. The van der Waals surface area contributed by atoms with E-state index in [9.17, 15) is 9.90 Å². The highest BCUT2D eigenvalue weighted by Crippen LogP contribution is 2.46. The van der Waals surface area contributed by atoms with Crippen LogP contribution in [0.4, 0.5) is 0 Å². The molecule has 0 amide bonds. The molecule has 2 aromatic rings. The van der Waals surface area contributed by atoms with E-state index in [0.29, 0.717) is 17.7 Å². The Balaban J connectivity index is 1.38. The third kappa shape index (κ3) is 4.28. The van der Waals surface area contributed by atoms with Gasteiger partial charge in [-0.15, -0.1) is 0 Å². The normalized spacial score (nSPS) is 19.8. The van der Waals surface area contributed by atoms with E-state index >= 15 is 0 Å². The Morgan fingerprint density at radius 1 is 0.848 bits per heavy atom. The molecule has 0 saturated heterocycles. The number of aromatic hydroxyl groups is 1. The molecule has 2 N–H and O–H groups in total. The molecule has 0 radical (unpaired) electrons. The van der Waals surface area contributed by atoms with Crippen molar-refractivity contribution in [2.45, 2.75) is 48.8 Å². The van der Waals surface area contributed by atoms with Crippen molar-refractivity contribution in [2.24, 2.45) is 0 Å². The molecule has 3 aliphatic carbocycles. The van der Waals surface area contributed by atoms with Crippen LogP contribution in [0.3, 0.4) is 0 Å². The van der Waals surface area contributed by atoms with E-state index in [-0.39, 0.29) is 16.9 Å². The molecule has 0 atom stereocenters. The number of thioether (sulfide) groups is 1. The first-order valence-corrected chi connectivity index (χ1v) is 12.4. The van der Waals surface area contributed by atoms with Gasteiger partial charge in [-0.1, -0.05) is 79.6 Å². The molecule has 0 spiro atoms. The van der Waals surface area contributed by atoms with Crippen LogP contribution in [-0.4, -0.2) is 16.6 Å². The first kappa shape index (κ1) is 21.7. The molecule has 3 aliphatic rings. The van der Waals surface area contributed by atoms with Crippen LogP contribution in [-0.2, 0) is 10.2 Å². The standard InChI is InChI=1S/C29H27NO2S/c30-27-16-7-20-19-25(5-4-6-26(20)28(27)32)33-24-14-10-22(11-15-24)29(17-2-1-3-18-29)21-8-12-23(31)13-9-21/h4-16,30-31H,1-3,17-19H2. The molecular formula is C29H27NO2S. The summed E-state index contributed by atoms with van der Waals surface area (Å²) in [5.41, 5.74) is 4.31. The predicted octanol–water partition coefficient (Wildman–Crippen LogP) is 7.03. The highest BCUT2D eigenvalue weighted by Gasteiger charge is 2.35. The van der Waals surface area contributed by atoms with Gasteiger partial charge < -0.3 is 5.11 Å². The van der Waals surface area contributed by atoms with Gasteiger partial charge in [0.1, 0.15) is 11.5 Å². The number of phenolic OH excluding ortho intramolecular Hbond substituents is 1. The number of ketones is 1. The molecule has 33 heavy (non-hydrogen) atoms. The molecule has 0 aromatic heterocycles. The third-order valence-electron chi connectivity index (χ3n) is 6.98. The number of nitrogens with one attached hydrogen (secondary N) is 1. The number of carbonyl (C=O) groups excluding carboxylic acids is 1. The van der Waals surface area contributed by atoms with Gasteiger partial charge in [-0.3, -0.25) is 10.2 Å². The van der Waals surface area contributed by atoms with E-state index in [1.165, 1.54) is 40.2 Å². The van der Waals surface area contributed by atoms with Crippen LogP contribution in [0.2, 0.25) is 0 Å². The van der Waals surface area contributed by atoms with E-state index in [0.717, 1.165) is 18.4 Å². The maximum absolute atomic E-state index is 12.3. The van der Waals surface area contributed by atoms with Gasteiger partial charge in [0.05, 0.1) is 0 Å². The Labute approximate surface area is 199 Å². The fourth-order valence-corrected chi connectivity index (χ4v) is 6.17. The van der Waals surface area contributed by atoms with E-state index in [2.05, 4.69) is 42.5 Å². The predicted molar refractivity (Wildman–Crippen MR) is 135 cm³/mol. The van der Waals surface area contributed by atoms with Crippen molar-refractivity contribution < 1.29 is 9.90 Å². The van der Waals surface area contributed by atoms with Gasteiger partial charge in [0, 0.05) is 22.3 Å². The Kier molecular flexibility index (Phi) is 5.94. The summed E-state index contributed by atoms with van der Waals surface area (Å²) in [6.45, 7) is 0. The molecular weight excluding hydrogens is 426 g/mol. The zero-order valence-electron chi connectivity index (χ0n) is 18.5. The molecule has 0 unspecified atom stereocenters. The van der Waals surface area contributed by atoms with Gasteiger partial charge in [0.15, 0.2) is 0 Å². The van der Waals surface area contributed by atoms with Gasteiger partial charge >= 0.3 is 0 Å². The van der Waals surface area contributed by atoms with Crippen LogP contribution >= 0.6 is 11.8 Å². The average Bonchev–Trinajstić information content (AvgIpc) is 3.05. The lowest BCUT2D eigenvalue weighted by molar-refractivity contribution is -0.109. The maximum atomic E-state index is 12.3. The second-order valence-electron chi connectivity index (χ2n) is 9.00. The van der Waals surface area contributed by atoms with Crippen molar-refractivity contribution in [3.05, 3.63) is 106 Å². The highest BCUT2D eigenvalue weighted by atomic mass is 32.2. The topological polar surface area (TPSA) is 61.1 Å². The molecule has 0 aliphatic heterocycles. The lowest BCUT2D eigenvalue weighted by Gasteiger charge is -2.38.